The number of anilines is 1. The molecule has 0 atom stereocenters. The van der Waals surface area contributed by atoms with E-state index in [9.17, 15) is 22.8 Å². The summed E-state index contributed by atoms with van der Waals surface area (Å²) in [6.45, 7) is 4.86. The third kappa shape index (κ3) is 6.19. The predicted molar refractivity (Wildman–Crippen MR) is 85.5 cm³/mol. The van der Waals surface area contributed by atoms with Crippen LogP contribution in [-0.2, 0) is 15.8 Å². The van der Waals surface area contributed by atoms with Gasteiger partial charge in [0.05, 0.1) is 18.7 Å². The lowest BCUT2D eigenvalue weighted by atomic mass is 10.2. The number of alkyl halides is 3. The zero-order valence-corrected chi connectivity index (χ0v) is 14.0. The van der Waals surface area contributed by atoms with E-state index in [1.807, 2.05) is 13.8 Å². The Balaban J connectivity index is 2.59. The highest BCUT2D eigenvalue weighted by molar-refractivity contribution is 5.92. The summed E-state index contributed by atoms with van der Waals surface area (Å²) in [5.74, 6) is -0.585. The maximum atomic E-state index is 12.6. The van der Waals surface area contributed by atoms with E-state index in [4.69, 9.17) is 0 Å². The van der Waals surface area contributed by atoms with Crippen molar-refractivity contribution in [1.82, 2.24) is 9.80 Å². The van der Waals surface area contributed by atoms with Crippen molar-refractivity contribution < 1.29 is 22.8 Å². The lowest BCUT2D eigenvalue weighted by Crippen LogP contribution is -2.41. The van der Waals surface area contributed by atoms with E-state index < -0.39 is 17.6 Å². The van der Waals surface area contributed by atoms with Gasteiger partial charge in [-0.15, -0.1) is 0 Å². The summed E-state index contributed by atoms with van der Waals surface area (Å²) in [5.41, 5.74) is -0.760. The van der Waals surface area contributed by atoms with Crippen molar-refractivity contribution in [1.29, 1.82) is 0 Å². The molecular formula is C16H22F3N3O2. The average Bonchev–Trinajstić information content (AvgIpc) is 2.47. The number of carbonyl (C=O) groups excluding carboxylic acids is 2. The summed E-state index contributed by atoms with van der Waals surface area (Å²) >= 11 is 0. The Morgan fingerprint density at radius 2 is 1.75 bits per heavy atom. The van der Waals surface area contributed by atoms with Crippen LogP contribution in [-0.4, -0.2) is 54.8 Å². The van der Waals surface area contributed by atoms with Crippen molar-refractivity contribution in [2.24, 2.45) is 0 Å². The standard InChI is InChI=1S/C16H22F3N3O2/c1-4-22(5-2)15(24)11-21(3)10-14(23)20-13-8-6-7-12(9-13)16(17,18)19/h6-9H,4-5,10-11H2,1-3H3,(H,20,23). The minimum absolute atomic E-state index is 0.0672. The van der Waals surface area contributed by atoms with E-state index in [0.717, 1.165) is 12.1 Å². The maximum Gasteiger partial charge on any atom is 0.416 e. The van der Waals surface area contributed by atoms with Crippen LogP contribution in [0.4, 0.5) is 18.9 Å². The summed E-state index contributed by atoms with van der Waals surface area (Å²) in [7, 11) is 1.60. The SMILES string of the molecule is CCN(CC)C(=O)CN(C)CC(=O)Nc1cccc(C(F)(F)F)c1. The first kappa shape index (κ1) is 20.0. The molecule has 0 bridgehead atoms. The van der Waals surface area contributed by atoms with Gasteiger partial charge in [-0.1, -0.05) is 6.07 Å². The van der Waals surface area contributed by atoms with Gasteiger partial charge in [0.15, 0.2) is 0 Å². The van der Waals surface area contributed by atoms with Crippen LogP contribution in [0.2, 0.25) is 0 Å². The van der Waals surface area contributed by atoms with E-state index in [1.165, 1.54) is 17.0 Å². The van der Waals surface area contributed by atoms with E-state index in [2.05, 4.69) is 5.32 Å². The number of benzene rings is 1. The van der Waals surface area contributed by atoms with E-state index in [0.29, 0.717) is 13.1 Å². The molecule has 1 aromatic carbocycles. The predicted octanol–water partition coefficient (Wildman–Crippen LogP) is 2.44. The average molecular weight is 345 g/mol. The van der Waals surface area contributed by atoms with Crippen molar-refractivity contribution in [2.45, 2.75) is 20.0 Å². The molecule has 0 spiro atoms. The summed E-state index contributed by atoms with van der Waals surface area (Å²) in [6.07, 6.45) is -4.46. The smallest absolute Gasteiger partial charge is 0.342 e. The molecule has 134 valence electrons. The zero-order chi connectivity index (χ0) is 18.3. The topological polar surface area (TPSA) is 52.7 Å². The fourth-order valence-corrected chi connectivity index (χ4v) is 2.18. The largest absolute Gasteiger partial charge is 0.416 e. The second-order valence-corrected chi connectivity index (χ2v) is 5.37. The zero-order valence-electron chi connectivity index (χ0n) is 14.0. The van der Waals surface area contributed by atoms with Gasteiger partial charge >= 0.3 is 6.18 Å². The normalized spacial score (nSPS) is 11.5. The highest BCUT2D eigenvalue weighted by atomic mass is 19.4. The number of amides is 2. The van der Waals surface area contributed by atoms with Gasteiger partial charge in [-0.3, -0.25) is 14.5 Å². The van der Waals surface area contributed by atoms with Gasteiger partial charge in [0.1, 0.15) is 0 Å². The Hall–Kier alpha value is -2.09. The Bertz CT molecular complexity index is 572. The number of rotatable bonds is 7. The van der Waals surface area contributed by atoms with Crippen molar-refractivity contribution in [3.05, 3.63) is 29.8 Å². The fraction of sp³-hybridized carbons (Fsp3) is 0.500. The molecule has 8 heteroatoms. The quantitative estimate of drug-likeness (QED) is 0.826. The highest BCUT2D eigenvalue weighted by Crippen LogP contribution is 2.30. The van der Waals surface area contributed by atoms with E-state index in [-0.39, 0.29) is 24.7 Å². The third-order valence-electron chi connectivity index (χ3n) is 3.41. The number of nitrogens with zero attached hydrogens (tertiary/aromatic N) is 2. The van der Waals surface area contributed by atoms with Gasteiger partial charge in [-0.05, 0) is 39.1 Å². The molecule has 0 saturated carbocycles. The molecule has 2 amide bonds. The monoisotopic (exact) mass is 345 g/mol. The molecule has 0 saturated heterocycles. The molecule has 0 heterocycles. The van der Waals surface area contributed by atoms with Gasteiger partial charge in [0.2, 0.25) is 11.8 Å². The summed E-state index contributed by atoms with van der Waals surface area (Å²) in [5, 5.41) is 2.41. The first-order chi connectivity index (χ1) is 11.2. The molecule has 1 aromatic rings. The van der Waals surface area contributed by atoms with E-state index in [1.54, 1.807) is 11.9 Å². The van der Waals surface area contributed by atoms with Crippen molar-refractivity contribution in [3.63, 3.8) is 0 Å². The summed E-state index contributed by atoms with van der Waals surface area (Å²) < 4.78 is 37.9. The van der Waals surface area contributed by atoms with Gasteiger partial charge in [0.25, 0.3) is 0 Å². The molecule has 0 aromatic heterocycles. The second kappa shape index (κ2) is 8.68. The molecule has 24 heavy (non-hydrogen) atoms. The van der Waals surface area contributed by atoms with Crippen molar-refractivity contribution >= 4 is 17.5 Å². The second-order valence-electron chi connectivity index (χ2n) is 5.37. The van der Waals surface area contributed by atoms with Gasteiger partial charge in [-0.25, -0.2) is 0 Å². The number of halogens is 3. The van der Waals surface area contributed by atoms with Crippen LogP contribution in [0.3, 0.4) is 0 Å². The Morgan fingerprint density at radius 3 is 2.29 bits per heavy atom. The molecule has 1 rings (SSSR count). The Labute approximate surface area is 139 Å². The summed E-state index contributed by atoms with van der Waals surface area (Å²) in [6, 6.07) is 4.42. The number of likely N-dealkylation sites (N-methyl/N-ethyl adjacent to an activating group) is 2. The van der Waals surface area contributed by atoms with E-state index >= 15 is 0 Å². The van der Waals surface area contributed by atoms with Crippen LogP contribution in [0.5, 0.6) is 0 Å². The highest BCUT2D eigenvalue weighted by Gasteiger charge is 2.30. The van der Waals surface area contributed by atoms with Gasteiger partial charge in [0, 0.05) is 18.8 Å². The fourth-order valence-electron chi connectivity index (χ4n) is 2.18. The van der Waals surface area contributed by atoms with Crippen molar-refractivity contribution in [2.75, 3.05) is 38.5 Å². The molecule has 0 aliphatic carbocycles. The first-order valence-corrected chi connectivity index (χ1v) is 7.60. The third-order valence-corrected chi connectivity index (χ3v) is 3.41. The lowest BCUT2D eigenvalue weighted by molar-refractivity contribution is -0.137. The molecule has 0 aliphatic heterocycles. The van der Waals surface area contributed by atoms with Crippen molar-refractivity contribution in [3.8, 4) is 0 Å². The molecule has 0 unspecified atom stereocenters. The van der Waals surface area contributed by atoms with Gasteiger partial charge < -0.3 is 10.2 Å². The molecule has 5 nitrogen and oxygen atoms in total. The van der Waals surface area contributed by atoms with Crippen LogP contribution in [0.25, 0.3) is 0 Å². The number of hydrogen-bond donors (Lipinski definition) is 1. The van der Waals surface area contributed by atoms with Crippen LogP contribution in [0, 0.1) is 0 Å². The molecule has 0 radical (unpaired) electrons. The minimum atomic E-state index is -4.46. The van der Waals surface area contributed by atoms with Crippen LogP contribution in [0.1, 0.15) is 19.4 Å². The number of hydrogen-bond acceptors (Lipinski definition) is 3. The number of nitrogens with one attached hydrogen (secondary N) is 1. The Kier molecular flexibility index (Phi) is 7.21. The van der Waals surface area contributed by atoms with Crippen LogP contribution in [0.15, 0.2) is 24.3 Å². The van der Waals surface area contributed by atoms with Gasteiger partial charge in [-0.2, -0.15) is 13.2 Å². The Morgan fingerprint density at radius 1 is 1.12 bits per heavy atom. The minimum Gasteiger partial charge on any atom is -0.342 e. The summed E-state index contributed by atoms with van der Waals surface area (Å²) in [4.78, 5) is 27.0. The maximum absolute atomic E-state index is 12.6. The molecule has 0 aliphatic rings. The molecule has 0 fully saturated rings. The molecular weight excluding hydrogens is 323 g/mol. The first-order valence-electron chi connectivity index (χ1n) is 7.60. The molecule has 1 N–H and O–H groups in total. The van der Waals surface area contributed by atoms with Crippen LogP contribution < -0.4 is 5.32 Å². The lowest BCUT2D eigenvalue weighted by Gasteiger charge is -2.22. The number of carbonyl (C=O) groups is 2. The van der Waals surface area contributed by atoms with Crippen LogP contribution >= 0.6 is 0 Å².